The van der Waals surface area contributed by atoms with Gasteiger partial charge in [-0.25, -0.2) is 4.79 Å². The van der Waals surface area contributed by atoms with Crippen LogP contribution in [0.25, 0.3) is 22.2 Å². The van der Waals surface area contributed by atoms with Crippen LogP contribution in [0.1, 0.15) is 33.6 Å². The van der Waals surface area contributed by atoms with Crippen LogP contribution in [-0.2, 0) is 9.47 Å². The molecular weight excluding hydrogens is 484 g/mol. The Labute approximate surface area is 222 Å². The highest BCUT2D eigenvalue weighted by atomic mass is 16.7. The Morgan fingerprint density at radius 3 is 2.50 bits per heavy atom. The molecule has 2 saturated heterocycles. The van der Waals surface area contributed by atoms with Crippen molar-refractivity contribution in [2.45, 2.75) is 45.3 Å². The predicted octanol–water partition coefficient (Wildman–Crippen LogP) is 4.88. The molecule has 1 aliphatic carbocycles. The SMILES string of the molecule is COCOc1ccccc1-c1cc2cc(OC3CC3)c(N3CC4(CN(C(=O)OC(C)(C)C)C4)C3)cc2nn1. The van der Waals surface area contributed by atoms with Gasteiger partial charge in [0.15, 0.2) is 6.79 Å². The number of methoxy groups -OCH3 is 1. The van der Waals surface area contributed by atoms with E-state index in [0.717, 1.165) is 72.6 Å². The first-order chi connectivity index (χ1) is 18.2. The Morgan fingerprint density at radius 1 is 1.03 bits per heavy atom. The Morgan fingerprint density at radius 2 is 1.79 bits per heavy atom. The number of para-hydroxylation sites is 1. The monoisotopic (exact) mass is 518 g/mol. The van der Waals surface area contributed by atoms with Gasteiger partial charge in [-0.1, -0.05) is 12.1 Å². The molecule has 38 heavy (non-hydrogen) atoms. The summed E-state index contributed by atoms with van der Waals surface area (Å²) < 4.78 is 22.7. The van der Waals surface area contributed by atoms with E-state index in [-0.39, 0.29) is 24.4 Å². The Hall–Kier alpha value is -3.59. The van der Waals surface area contributed by atoms with Gasteiger partial charge in [0, 0.05) is 49.7 Å². The maximum Gasteiger partial charge on any atom is 0.410 e. The largest absolute Gasteiger partial charge is 0.488 e. The molecule has 2 aromatic carbocycles. The predicted molar refractivity (Wildman–Crippen MR) is 144 cm³/mol. The van der Waals surface area contributed by atoms with Crippen molar-refractivity contribution in [3.05, 3.63) is 42.5 Å². The molecule has 0 N–H and O–H groups in total. The summed E-state index contributed by atoms with van der Waals surface area (Å²) in [4.78, 5) is 16.5. The topological polar surface area (TPSA) is 86.2 Å². The van der Waals surface area contributed by atoms with Crippen molar-refractivity contribution in [2.75, 3.05) is 45.0 Å². The van der Waals surface area contributed by atoms with Gasteiger partial charge in [0.25, 0.3) is 0 Å². The van der Waals surface area contributed by atoms with E-state index in [0.29, 0.717) is 5.75 Å². The van der Waals surface area contributed by atoms with Gasteiger partial charge >= 0.3 is 6.09 Å². The third kappa shape index (κ3) is 4.95. The fraction of sp³-hybridized carbons (Fsp3) is 0.483. The molecule has 1 amide bonds. The number of hydrogen-bond donors (Lipinski definition) is 0. The second kappa shape index (κ2) is 9.31. The minimum absolute atomic E-state index is 0.115. The van der Waals surface area contributed by atoms with E-state index < -0.39 is 5.60 Å². The molecule has 200 valence electrons. The standard InChI is InChI=1S/C29H34N4O5/c1-28(2,3)38-27(34)33-16-29(17-33)14-32(15-29)24-13-22-19(12-26(24)37-20-9-10-20)11-23(31-30-22)21-7-5-6-8-25(21)36-18-35-4/h5-8,11-13,20H,9-10,14-18H2,1-4H3. The zero-order valence-corrected chi connectivity index (χ0v) is 22.4. The first kappa shape index (κ1) is 24.7. The first-order valence-corrected chi connectivity index (χ1v) is 13.1. The molecule has 1 aromatic heterocycles. The minimum atomic E-state index is -0.481. The lowest BCUT2D eigenvalue weighted by atomic mass is 9.72. The van der Waals surface area contributed by atoms with Crippen LogP contribution in [0.15, 0.2) is 42.5 Å². The maximum atomic E-state index is 12.4. The van der Waals surface area contributed by atoms with Crippen LogP contribution >= 0.6 is 0 Å². The summed E-state index contributed by atoms with van der Waals surface area (Å²) in [6.07, 6.45) is 2.20. The normalized spacial score (nSPS) is 18.2. The highest BCUT2D eigenvalue weighted by molar-refractivity contribution is 5.89. The molecule has 9 heteroatoms. The van der Waals surface area contributed by atoms with Gasteiger partial charge in [-0.2, -0.15) is 0 Å². The van der Waals surface area contributed by atoms with Crippen molar-refractivity contribution in [2.24, 2.45) is 5.41 Å². The number of aromatic nitrogens is 2. The zero-order chi connectivity index (χ0) is 26.5. The fourth-order valence-electron chi connectivity index (χ4n) is 5.18. The second-order valence-corrected chi connectivity index (χ2v) is 11.7. The number of hydrogen-bond acceptors (Lipinski definition) is 8. The lowest BCUT2D eigenvalue weighted by molar-refractivity contribution is -0.0454. The van der Waals surface area contributed by atoms with Crippen LogP contribution in [-0.4, -0.2) is 73.0 Å². The van der Waals surface area contributed by atoms with Crippen LogP contribution in [0.3, 0.4) is 0 Å². The first-order valence-electron chi connectivity index (χ1n) is 13.1. The summed E-state index contributed by atoms with van der Waals surface area (Å²) >= 11 is 0. The molecule has 1 saturated carbocycles. The smallest absolute Gasteiger partial charge is 0.410 e. The van der Waals surface area contributed by atoms with Gasteiger partial charge in [0.1, 0.15) is 17.1 Å². The van der Waals surface area contributed by atoms with Crippen molar-refractivity contribution in [1.82, 2.24) is 15.1 Å². The number of fused-ring (bicyclic) bond motifs is 1. The molecule has 0 bridgehead atoms. The molecule has 2 aliphatic heterocycles. The van der Waals surface area contributed by atoms with E-state index in [1.807, 2.05) is 51.1 Å². The summed E-state index contributed by atoms with van der Waals surface area (Å²) in [7, 11) is 1.60. The summed E-state index contributed by atoms with van der Waals surface area (Å²) in [5.41, 5.74) is 3.07. The Kier molecular flexibility index (Phi) is 6.06. The zero-order valence-electron chi connectivity index (χ0n) is 22.4. The number of likely N-dealkylation sites (tertiary alicyclic amines) is 1. The van der Waals surface area contributed by atoms with Crippen LogP contribution in [0.5, 0.6) is 11.5 Å². The second-order valence-electron chi connectivity index (χ2n) is 11.7. The van der Waals surface area contributed by atoms with E-state index in [1.165, 1.54) is 0 Å². The van der Waals surface area contributed by atoms with Gasteiger partial charge in [0.05, 0.1) is 23.0 Å². The van der Waals surface area contributed by atoms with Gasteiger partial charge in [-0.05, 0) is 63.9 Å². The van der Waals surface area contributed by atoms with Crippen molar-refractivity contribution in [1.29, 1.82) is 0 Å². The number of carbonyl (C=O) groups excluding carboxylic acids is 1. The molecule has 3 heterocycles. The van der Waals surface area contributed by atoms with Crippen molar-refractivity contribution in [3.8, 4) is 22.8 Å². The molecule has 0 unspecified atom stereocenters. The maximum absolute atomic E-state index is 12.4. The lowest BCUT2D eigenvalue weighted by Crippen LogP contribution is -2.73. The van der Waals surface area contributed by atoms with Crippen molar-refractivity contribution in [3.63, 3.8) is 0 Å². The number of rotatable bonds is 7. The van der Waals surface area contributed by atoms with Gasteiger partial charge in [-0.15, -0.1) is 10.2 Å². The van der Waals surface area contributed by atoms with Crippen LogP contribution in [0, 0.1) is 5.41 Å². The highest BCUT2D eigenvalue weighted by Crippen LogP contribution is 2.47. The molecule has 3 aromatic rings. The van der Waals surface area contributed by atoms with Crippen molar-refractivity contribution < 1.29 is 23.7 Å². The number of amides is 1. The summed E-state index contributed by atoms with van der Waals surface area (Å²) in [5.74, 6) is 1.57. The van der Waals surface area contributed by atoms with E-state index in [2.05, 4.69) is 27.2 Å². The van der Waals surface area contributed by atoms with E-state index in [1.54, 1.807) is 12.0 Å². The molecule has 3 fully saturated rings. The van der Waals surface area contributed by atoms with Crippen LogP contribution in [0.2, 0.25) is 0 Å². The quantitative estimate of drug-likeness (QED) is 0.409. The summed E-state index contributed by atoms with van der Waals surface area (Å²) in [6, 6.07) is 13.9. The summed E-state index contributed by atoms with van der Waals surface area (Å²) in [6.45, 7) is 9.03. The molecule has 9 nitrogen and oxygen atoms in total. The molecule has 3 aliphatic rings. The number of benzene rings is 2. The molecule has 1 spiro atoms. The van der Waals surface area contributed by atoms with Crippen LogP contribution in [0.4, 0.5) is 10.5 Å². The lowest BCUT2D eigenvalue weighted by Gasteiger charge is -2.60. The molecule has 0 atom stereocenters. The molecular formula is C29H34N4O5. The number of ether oxygens (including phenoxy) is 4. The fourth-order valence-corrected chi connectivity index (χ4v) is 5.18. The van der Waals surface area contributed by atoms with Crippen LogP contribution < -0.4 is 14.4 Å². The van der Waals surface area contributed by atoms with Gasteiger partial charge in [-0.3, -0.25) is 0 Å². The third-order valence-corrected chi connectivity index (χ3v) is 7.08. The third-order valence-electron chi connectivity index (χ3n) is 7.08. The average molecular weight is 519 g/mol. The molecule has 0 radical (unpaired) electrons. The van der Waals surface area contributed by atoms with Crippen molar-refractivity contribution >= 4 is 22.7 Å². The minimum Gasteiger partial charge on any atom is -0.488 e. The van der Waals surface area contributed by atoms with E-state index >= 15 is 0 Å². The Balaban J connectivity index is 1.22. The van der Waals surface area contributed by atoms with Gasteiger partial charge < -0.3 is 28.7 Å². The molecule has 6 rings (SSSR count). The van der Waals surface area contributed by atoms with E-state index in [4.69, 9.17) is 18.9 Å². The Bertz CT molecular complexity index is 1350. The summed E-state index contributed by atoms with van der Waals surface area (Å²) in [5, 5.41) is 10.1. The van der Waals surface area contributed by atoms with Gasteiger partial charge in [0.2, 0.25) is 0 Å². The number of carbonyl (C=O) groups is 1. The number of nitrogens with zero attached hydrogens (tertiary/aromatic N) is 4. The van der Waals surface area contributed by atoms with E-state index in [9.17, 15) is 4.79 Å². The highest BCUT2D eigenvalue weighted by Gasteiger charge is 2.54. The number of anilines is 1. The average Bonchev–Trinajstić information content (AvgIpc) is 3.64.